The maximum absolute atomic E-state index is 9.57. The number of rotatable bonds is 4. The number of aliphatic hydroxyl groups is 1. The van der Waals surface area contributed by atoms with Crippen LogP contribution in [-0.4, -0.2) is 11.2 Å². The van der Waals surface area contributed by atoms with E-state index in [1.165, 1.54) is 5.56 Å². The molecule has 2 rings (SSSR count). The van der Waals surface area contributed by atoms with Crippen LogP contribution >= 0.6 is 0 Å². The lowest BCUT2D eigenvalue weighted by Gasteiger charge is -2.07. The van der Waals surface area contributed by atoms with Gasteiger partial charge >= 0.3 is 0 Å². The number of hydrogen-bond acceptors (Lipinski definition) is 2. The van der Waals surface area contributed by atoms with Crippen molar-refractivity contribution in [1.82, 2.24) is 0 Å². The van der Waals surface area contributed by atoms with Crippen LogP contribution in [0.1, 0.15) is 12.0 Å². The van der Waals surface area contributed by atoms with E-state index >= 15 is 0 Å². The molecule has 0 spiro atoms. The van der Waals surface area contributed by atoms with Crippen molar-refractivity contribution in [2.24, 2.45) is 0 Å². The summed E-state index contributed by atoms with van der Waals surface area (Å²) in [5.74, 6) is 0. The van der Waals surface area contributed by atoms with Crippen LogP contribution in [0.25, 0.3) is 11.1 Å². The van der Waals surface area contributed by atoms with Gasteiger partial charge in [-0.2, -0.15) is 5.26 Å². The Labute approximate surface area is 107 Å². The molecule has 0 heterocycles. The zero-order valence-corrected chi connectivity index (χ0v) is 10.1. The summed E-state index contributed by atoms with van der Waals surface area (Å²) in [5, 5.41) is 18.1. The van der Waals surface area contributed by atoms with E-state index in [9.17, 15) is 5.11 Å². The first-order valence-electron chi connectivity index (χ1n) is 5.99. The van der Waals surface area contributed by atoms with Crippen molar-refractivity contribution in [3.63, 3.8) is 0 Å². The molecule has 1 N–H and O–H groups in total. The summed E-state index contributed by atoms with van der Waals surface area (Å²) in [4.78, 5) is 0. The van der Waals surface area contributed by atoms with Crippen LogP contribution in [0.4, 0.5) is 0 Å². The molecule has 0 saturated carbocycles. The fourth-order valence-electron chi connectivity index (χ4n) is 1.91. The third-order valence-electron chi connectivity index (χ3n) is 2.86. The highest BCUT2D eigenvalue weighted by atomic mass is 16.3. The second-order valence-electron chi connectivity index (χ2n) is 4.28. The van der Waals surface area contributed by atoms with Crippen molar-refractivity contribution in [2.75, 3.05) is 0 Å². The molecule has 0 saturated heterocycles. The van der Waals surface area contributed by atoms with E-state index in [4.69, 9.17) is 5.26 Å². The summed E-state index contributed by atoms with van der Waals surface area (Å²) in [6.45, 7) is 0. The number of nitriles is 1. The predicted octanol–water partition coefficient (Wildman–Crippen LogP) is 3.17. The van der Waals surface area contributed by atoms with Gasteiger partial charge in [-0.25, -0.2) is 0 Å². The molecule has 0 aliphatic heterocycles. The van der Waals surface area contributed by atoms with Gasteiger partial charge in [-0.3, -0.25) is 0 Å². The Bertz CT molecular complexity index is 525. The molecular formula is C16H15NO. The van der Waals surface area contributed by atoms with E-state index in [1.54, 1.807) is 0 Å². The van der Waals surface area contributed by atoms with Crippen LogP contribution < -0.4 is 0 Å². The number of aliphatic hydroxyl groups excluding tert-OH is 1. The van der Waals surface area contributed by atoms with Gasteiger partial charge in [0, 0.05) is 0 Å². The maximum Gasteiger partial charge on any atom is 0.0710 e. The molecule has 2 nitrogen and oxygen atoms in total. The summed E-state index contributed by atoms with van der Waals surface area (Å²) in [7, 11) is 0. The van der Waals surface area contributed by atoms with Crippen molar-refractivity contribution >= 4 is 0 Å². The molecule has 2 heteroatoms. The highest BCUT2D eigenvalue weighted by Crippen LogP contribution is 2.19. The van der Waals surface area contributed by atoms with Crippen LogP contribution in [0.2, 0.25) is 0 Å². The standard InChI is InChI=1S/C16H15NO/c17-11-10-16(18)12-13-6-8-15(9-7-13)14-4-2-1-3-5-14/h1-9,16,18H,10,12H2/t16-/m0/s1. The molecule has 0 aromatic heterocycles. The summed E-state index contributed by atoms with van der Waals surface area (Å²) in [6, 6.07) is 20.2. The zero-order chi connectivity index (χ0) is 12.8. The third-order valence-corrected chi connectivity index (χ3v) is 2.86. The molecule has 0 aliphatic carbocycles. The van der Waals surface area contributed by atoms with Crippen LogP contribution in [0, 0.1) is 11.3 Å². The lowest BCUT2D eigenvalue weighted by molar-refractivity contribution is 0.180. The summed E-state index contributed by atoms with van der Waals surface area (Å²) >= 11 is 0. The van der Waals surface area contributed by atoms with Crippen molar-refractivity contribution in [1.29, 1.82) is 5.26 Å². The first-order valence-corrected chi connectivity index (χ1v) is 5.99. The number of benzene rings is 2. The van der Waals surface area contributed by atoms with Gasteiger partial charge in [0.25, 0.3) is 0 Å². The summed E-state index contributed by atoms with van der Waals surface area (Å²) in [5.41, 5.74) is 3.40. The second kappa shape index (κ2) is 6.00. The Balaban J connectivity index is 2.09. The van der Waals surface area contributed by atoms with E-state index in [2.05, 4.69) is 12.1 Å². The Morgan fingerprint density at radius 3 is 2.17 bits per heavy atom. The quantitative estimate of drug-likeness (QED) is 0.887. The molecule has 0 radical (unpaired) electrons. The molecule has 1 atom stereocenters. The molecule has 0 amide bonds. The topological polar surface area (TPSA) is 44.0 Å². The van der Waals surface area contributed by atoms with E-state index in [1.807, 2.05) is 48.5 Å². The van der Waals surface area contributed by atoms with E-state index < -0.39 is 6.10 Å². The molecule has 90 valence electrons. The van der Waals surface area contributed by atoms with E-state index in [0.717, 1.165) is 11.1 Å². The SMILES string of the molecule is N#CC[C@H](O)Cc1ccc(-c2ccccc2)cc1. The van der Waals surface area contributed by atoms with Gasteiger partial charge in [-0.15, -0.1) is 0 Å². The van der Waals surface area contributed by atoms with Crippen molar-refractivity contribution in [3.05, 3.63) is 60.2 Å². The largest absolute Gasteiger partial charge is 0.392 e. The molecule has 2 aromatic carbocycles. The third kappa shape index (κ3) is 3.19. The normalized spacial score (nSPS) is 11.8. The van der Waals surface area contributed by atoms with Gasteiger partial charge in [0.2, 0.25) is 0 Å². The highest BCUT2D eigenvalue weighted by Gasteiger charge is 2.05. The minimum Gasteiger partial charge on any atom is -0.392 e. The zero-order valence-electron chi connectivity index (χ0n) is 10.1. The molecule has 18 heavy (non-hydrogen) atoms. The van der Waals surface area contributed by atoms with Crippen LogP contribution in [0.3, 0.4) is 0 Å². The average molecular weight is 237 g/mol. The smallest absolute Gasteiger partial charge is 0.0710 e. The highest BCUT2D eigenvalue weighted by molar-refractivity contribution is 5.63. The Morgan fingerprint density at radius 1 is 0.944 bits per heavy atom. The van der Waals surface area contributed by atoms with Gasteiger partial charge in [-0.05, 0) is 23.1 Å². The maximum atomic E-state index is 9.57. The van der Waals surface area contributed by atoms with Crippen LogP contribution in [0.5, 0.6) is 0 Å². The van der Waals surface area contributed by atoms with Gasteiger partial charge in [0.05, 0.1) is 18.6 Å². The van der Waals surface area contributed by atoms with Gasteiger partial charge in [0.15, 0.2) is 0 Å². The molecule has 0 unspecified atom stereocenters. The van der Waals surface area contributed by atoms with Gasteiger partial charge in [0.1, 0.15) is 0 Å². The minimum atomic E-state index is -0.572. The molecular weight excluding hydrogens is 222 g/mol. The lowest BCUT2D eigenvalue weighted by atomic mass is 10.0. The monoisotopic (exact) mass is 237 g/mol. The van der Waals surface area contributed by atoms with Crippen molar-refractivity contribution in [3.8, 4) is 17.2 Å². The summed E-state index contributed by atoms with van der Waals surface area (Å²) < 4.78 is 0. The van der Waals surface area contributed by atoms with E-state index in [-0.39, 0.29) is 6.42 Å². The minimum absolute atomic E-state index is 0.181. The lowest BCUT2D eigenvalue weighted by Crippen LogP contribution is -2.08. The fraction of sp³-hybridized carbons (Fsp3) is 0.188. The molecule has 0 fully saturated rings. The van der Waals surface area contributed by atoms with Crippen molar-refractivity contribution in [2.45, 2.75) is 18.9 Å². The van der Waals surface area contributed by atoms with Gasteiger partial charge < -0.3 is 5.11 Å². The molecule has 0 aliphatic rings. The first-order chi connectivity index (χ1) is 8.79. The van der Waals surface area contributed by atoms with Crippen LogP contribution in [0.15, 0.2) is 54.6 Å². The molecule has 0 bridgehead atoms. The fourth-order valence-corrected chi connectivity index (χ4v) is 1.91. The molecule has 2 aromatic rings. The Morgan fingerprint density at radius 2 is 1.56 bits per heavy atom. The number of nitrogens with zero attached hydrogens (tertiary/aromatic N) is 1. The predicted molar refractivity (Wildman–Crippen MR) is 71.8 cm³/mol. The first kappa shape index (κ1) is 12.3. The Hall–Kier alpha value is -2.11. The van der Waals surface area contributed by atoms with E-state index in [0.29, 0.717) is 6.42 Å². The van der Waals surface area contributed by atoms with Gasteiger partial charge in [-0.1, -0.05) is 54.6 Å². The Kier molecular flexibility index (Phi) is 4.11. The van der Waals surface area contributed by atoms with Crippen LogP contribution in [-0.2, 0) is 6.42 Å². The van der Waals surface area contributed by atoms with Crippen molar-refractivity contribution < 1.29 is 5.11 Å². The summed E-state index contributed by atoms with van der Waals surface area (Å²) in [6.07, 6.45) is 0.140. The second-order valence-corrected chi connectivity index (χ2v) is 4.28. The number of hydrogen-bond donors (Lipinski definition) is 1. The average Bonchev–Trinajstić information content (AvgIpc) is 2.41.